The molecule has 1 unspecified atom stereocenters. The van der Waals surface area contributed by atoms with E-state index in [1.165, 1.54) is 16.4 Å². The van der Waals surface area contributed by atoms with E-state index in [9.17, 15) is 13.2 Å². The van der Waals surface area contributed by atoms with Crippen molar-refractivity contribution in [2.24, 2.45) is 0 Å². The van der Waals surface area contributed by atoms with Crippen LogP contribution in [0.1, 0.15) is 36.4 Å². The van der Waals surface area contributed by atoms with E-state index in [4.69, 9.17) is 11.6 Å². The zero-order valence-corrected chi connectivity index (χ0v) is 17.1. The normalized spacial score (nSPS) is 20.2. The van der Waals surface area contributed by atoms with Crippen molar-refractivity contribution < 1.29 is 13.2 Å². The maximum absolute atomic E-state index is 13.4. The summed E-state index contributed by atoms with van der Waals surface area (Å²) in [4.78, 5) is 14.9. The third kappa shape index (κ3) is 3.69. The van der Waals surface area contributed by atoms with E-state index in [0.29, 0.717) is 18.0 Å². The lowest BCUT2D eigenvalue weighted by Gasteiger charge is -2.36. The molecule has 0 bridgehead atoms. The topological polar surface area (TPSA) is 57.7 Å². The van der Waals surface area contributed by atoms with Gasteiger partial charge in [-0.05, 0) is 54.7 Å². The maximum Gasteiger partial charge on any atom is 0.243 e. The van der Waals surface area contributed by atoms with Crippen molar-refractivity contribution >= 4 is 27.5 Å². The number of amides is 1. The van der Waals surface area contributed by atoms with E-state index in [1.807, 2.05) is 29.2 Å². The second kappa shape index (κ2) is 7.85. The highest BCUT2D eigenvalue weighted by molar-refractivity contribution is 7.89. The molecule has 0 radical (unpaired) electrons. The number of carbonyl (C=O) groups excluding carboxylic acids is 1. The Labute approximate surface area is 171 Å². The van der Waals surface area contributed by atoms with Gasteiger partial charge >= 0.3 is 0 Å². The van der Waals surface area contributed by atoms with Gasteiger partial charge in [-0.2, -0.15) is 4.31 Å². The quantitative estimate of drug-likeness (QED) is 0.761. The van der Waals surface area contributed by atoms with E-state index >= 15 is 0 Å². The molecule has 0 aliphatic carbocycles. The zero-order valence-electron chi connectivity index (χ0n) is 15.6. The van der Waals surface area contributed by atoms with Gasteiger partial charge in [0.25, 0.3) is 0 Å². The fraction of sp³-hybridized carbons (Fsp3) is 0.381. The van der Waals surface area contributed by atoms with Gasteiger partial charge in [-0.15, -0.1) is 0 Å². The molecule has 0 N–H and O–H groups in total. The summed E-state index contributed by atoms with van der Waals surface area (Å²) in [5.41, 5.74) is 2.04. The van der Waals surface area contributed by atoms with Crippen LogP contribution < -0.4 is 0 Å². The lowest BCUT2D eigenvalue weighted by molar-refractivity contribution is -0.131. The molecule has 2 heterocycles. The number of hydrogen-bond donors (Lipinski definition) is 0. The average Bonchev–Trinajstić information content (AvgIpc) is 3.23. The number of sulfonamides is 1. The van der Waals surface area contributed by atoms with Crippen LogP contribution in [-0.4, -0.2) is 43.2 Å². The molecule has 1 amide bonds. The van der Waals surface area contributed by atoms with Crippen molar-refractivity contribution in [1.29, 1.82) is 0 Å². The minimum atomic E-state index is -3.74. The predicted octanol–water partition coefficient (Wildman–Crippen LogP) is 3.64. The summed E-state index contributed by atoms with van der Waals surface area (Å²) in [6.45, 7) is 1.88. The van der Waals surface area contributed by atoms with E-state index < -0.39 is 16.1 Å². The lowest BCUT2D eigenvalue weighted by atomic mass is 9.92. The number of benzene rings is 2. The largest absolute Gasteiger partial charge is 0.343 e. The highest BCUT2D eigenvalue weighted by Crippen LogP contribution is 2.37. The third-order valence-electron chi connectivity index (χ3n) is 5.61. The minimum Gasteiger partial charge on any atom is -0.343 e. The number of fused-ring (bicyclic) bond motifs is 1. The van der Waals surface area contributed by atoms with Crippen molar-refractivity contribution in [3.63, 3.8) is 0 Å². The summed E-state index contributed by atoms with van der Waals surface area (Å²) < 4.78 is 28.3. The van der Waals surface area contributed by atoms with Crippen molar-refractivity contribution in [2.45, 2.75) is 36.6 Å². The molecule has 5 nitrogen and oxygen atoms in total. The van der Waals surface area contributed by atoms with Crippen LogP contribution in [0.15, 0.2) is 53.4 Å². The number of carbonyl (C=O) groups is 1. The Hall–Kier alpha value is -1.89. The Morgan fingerprint density at radius 1 is 1.00 bits per heavy atom. The summed E-state index contributed by atoms with van der Waals surface area (Å²) in [7, 11) is -3.74. The molecule has 2 aromatic rings. The Balaban J connectivity index is 1.70. The fourth-order valence-corrected chi connectivity index (χ4v) is 5.86. The molecular weight excluding hydrogens is 396 g/mol. The first kappa shape index (κ1) is 19.4. The highest BCUT2D eigenvalue weighted by atomic mass is 35.5. The first-order valence-electron chi connectivity index (χ1n) is 9.60. The molecule has 28 heavy (non-hydrogen) atoms. The van der Waals surface area contributed by atoms with Crippen molar-refractivity contribution in [3.8, 4) is 0 Å². The maximum atomic E-state index is 13.4. The van der Waals surface area contributed by atoms with Crippen LogP contribution >= 0.6 is 11.6 Å². The van der Waals surface area contributed by atoms with Crippen molar-refractivity contribution in [1.82, 2.24) is 9.21 Å². The van der Waals surface area contributed by atoms with Gasteiger partial charge in [-0.1, -0.05) is 35.9 Å². The smallest absolute Gasteiger partial charge is 0.243 e. The van der Waals surface area contributed by atoms with E-state index in [-0.39, 0.29) is 17.2 Å². The molecule has 0 aromatic heterocycles. The second-order valence-electron chi connectivity index (χ2n) is 7.33. The van der Waals surface area contributed by atoms with Crippen LogP contribution in [0.3, 0.4) is 0 Å². The summed E-state index contributed by atoms with van der Waals surface area (Å²) >= 11 is 5.93. The van der Waals surface area contributed by atoms with Gasteiger partial charge in [0.1, 0.15) is 0 Å². The summed E-state index contributed by atoms with van der Waals surface area (Å²) in [6.07, 6.45) is 2.83. The van der Waals surface area contributed by atoms with Crippen LogP contribution in [-0.2, 0) is 21.2 Å². The molecule has 1 saturated heterocycles. The van der Waals surface area contributed by atoms with Gasteiger partial charge < -0.3 is 4.90 Å². The van der Waals surface area contributed by atoms with E-state index in [2.05, 4.69) is 0 Å². The van der Waals surface area contributed by atoms with Gasteiger partial charge in [0.15, 0.2) is 0 Å². The standard InChI is InChI=1S/C21H23ClN2O3S/c22-17-7-9-18(10-8-17)28(26,27)24-14-11-16-5-1-2-6-19(16)20(24)15-21(25)23-12-3-4-13-23/h1-2,5-10,20H,3-4,11-15H2. The van der Waals surface area contributed by atoms with Crippen molar-refractivity contribution in [2.75, 3.05) is 19.6 Å². The number of hydrogen-bond acceptors (Lipinski definition) is 3. The Morgan fingerprint density at radius 3 is 2.39 bits per heavy atom. The minimum absolute atomic E-state index is 0.0236. The van der Waals surface area contributed by atoms with Gasteiger partial charge in [0, 0.05) is 31.1 Å². The average molecular weight is 419 g/mol. The Morgan fingerprint density at radius 2 is 1.68 bits per heavy atom. The molecule has 0 spiro atoms. The van der Waals surface area contributed by atoms with Gasteiger partial charge in [0.05, 0.1) is 10.9 Å². The molecule has 0 saturated carbocycles. The Kier molecular flexibility index (Phi) is 5.45. The van der Waals surface area contributed by atoms with E-state index in [1.54, 1.807) is 12.1 Å². The zero-order chi connectivity index (χ0) is 19.7. The molecular formula is C21H23ClN2O3S. The SMILES string of the molecule is O=C(CC1c2ccccc2CCN1S(=O)(=O)c1ccc(Cl)cc1)N1CCCC1. The molecule has 2 aliphatic rings. The lowest BCUT2D eigenvalue weighted by Crippen LogP contribution is -2.42. The fourth-order valence-electron chi connectivity index (χ4n) is 4.13. The number of halogens is 1. The summed E-state index contributed by atoms with van der Waals surface area (Å²) in [6, 6.07) is 13.6. The second-order valence-corrected chi connectivity index (χ2v) is 9.65. The molecule has 2 aromatic carbocycles. The molecule has 2 aliphatic heterocycles. The van der Waals surface area contributed by atoms with Crippen LogP contribution in [0, 0.1) is 0 Å². The first-order valence-corrected chi connectivity index (χ1v) is 11.4. The van der Waals surface area contributed by atoms with Crippen LogP contribution in [0.5, 0.6) is 0 Å². The number of nitrogens with zero attached hydrogens (tertiary/aromatic N) is 2. The number of rotatable bonds is 4. The van der Waals surface area contributed by atoms with Gasteiger partial charge in [0.2, 0.25) is 15.9 Å². The third-order valence-corrected chi connectivity index (χ3v) is 7.78. The van der Waals surface area contributed by atoms with Crippen molar-refractivity contribution in [3.05, 3.63) is 64.7 Å². The summed E-state index contributed by atoms with van der Waals surface area (Å²) in [5.74, 6) is 0.0236. The van der Waals surface area contributed by atoms with Gasteiger partial charge in [-0.25, -0.2) is 8.42 Å². The van der Waals surface area contributed by atoms with Crippen LogP contribution in [0.4, 0.5) is 0 Å². The molecule has 148 valence electrons. The first-order chi connectivity index (χ1) is 13.5. The van der Waals surface area contributed by atoms with Crippen LogP contribution in [0.2, 0.25) is 5.02 Å². The molecule has 1 atom stereocenters. The van der Waals surface area contributed by atoms with E-state index in [0.717, 1.165) is 37.1 Å². The summed E-state index contributed by atoms with van der Waals surface area (Å²) in [5, 5.41) is 0.490. The Bertz CT molecular complexity index is 969. The molecule has 7 heteroatoms. The van der Waals surface area contributed by atoms with Gasteiger partial charge in [-0.3, -0.25) is 4.79 Å². The van der Waals surface area contributed by atoms with Crippen LogP contribution in [0.25, 0.3) is 0 Å². The molecule has 4 rings (SSSR count). The molecule has 1 fully saturated rings. The monoisotopic (exact) mass is 418 g/mol. The number of likely N-dealkylation sites (tertiary alicyclic amines) is 1. The predicted molar refractivity (Wildman–Crippen MR) is 109 cm³/mol. The highest BCUT2D eigenvalue weighted by Gasteiger charge is 2.38.